The number of methoxy groups -OCH3 is 1. The molecule has 1 aliphatic rings. The number of nitrogens with zero attached hydrogens (tertiary/aromatic N) is 1. The van der Waals surface area contributed by atoms with E-state index in [0.717, 1.165) is 25.3 Å². The third-order valence-corrected chi connectivity index (χ3v) is 4.93. The van der Waals surface area contributed by atoms with Crippen molar-refractivity contribution in [2.75, 3.05) is 20.3 Å². The van der Waals surface area contributed by atoms with E-state index < -0.39 is 0 Å². The van der Waals surface area contributed by atoms with Crippen LogP contribution < -0.4 is 5.32 Å². The predicted octanol–water partition coefficient (Wildman–Crippen LogP) is 3.81. The fraction of sp³-hybridized carbons (Fsp3) is 0.471. The zero-order valence-electron chi connectivity index (χ0n) is 12.5. The third-order valence-electron chi connectivity index (χ3n) is 3.97. The number of thiazole rings is 1. The van der Waals surface area contributed by atoms with Gasteiger partial charge in [0.25, 0.3) is 0 Å². The van der Waals surface area contributed by atoms with Crippen LogP contribution in [0.3, 0.4) is 0 Å². The standard InChI is InChI=1S/C17H22N2OS/c1-20-11-9-13-5-7-14(8-6-13)16-12-21-17(19-16)15-4-2-3-10-18-15/h5-8,12,15,18H,2-4,9-11H2,1H3. The lowest BCUT2D eigenvalue weighted by molar-refractivity contribution is 0.202. The number of hydrogen-bond acceptors (Lipinski definition) is 4. The minimum atomic E-state index is 0.457. The second-order valence-corrected chi connectivity index (χ2v) is 6.40. The Kier molecular flexibility index (Phi) is 5.01. The average Bonchev–Trinajstić information content (AvgIpc) is 3.04. The Hall–Kier alpha value is -1.23. The summed E-state index contributed by atoms with van der Waals surface area (Å²) in [6.07, 6.45) is 4.77. The smallest absolute Gasteiger partial charge is 0.110 e. The Balaban J connectivity index is 1.70. The predicted molar refractivity (Wildman–Crippen MR) is 87.7 cm³/mol. The van der Waals surface area contributed by atoms with Crippen molar-refractivity contribution in [2.45, 2.75) is 31.7 Å². The van der Waals surface area contributed by atoms with Crippen molar-refractivity contribution in [3.05, 3.63) is 40.2 Å². The van der Waals surface area contributed by atoms with Gasteiger partial charge in [-0.1, -0.05) is 30.7 Å². The van der Waals surface area contributed by atoms with Gasteiger partial charge in [0.15, 0.2) is 0 Å². The highest BCUT2D eigenvalue weighted by Crippen LogP contribution is 2.29. The van der Waals surface area contributed by atoms with Crippen molar-refractivity contribution in [3.63, 3.8) is 0 Å². The zero-order valence-corrected chi connectivity index (χ0v) is 13.3. The van der Waals surface area contributed by atoms with E-state index in [1.165, 1.54) is 35.4 Å². The van der Waals surface area contributed by atoms with E-state index in [-0.39, 0.29) is 0 Å². The molecule has 112 valence electrons. The molecule has 0 aliphatic carbocycles. The number of benzene rings is 1. The van der Waals surface area contributed by atoms with Gasteiger partial charge in [0.2, 0.25) is 0 Å². The summed E-state index contributed by atoms with van der Waals surface area (Å²) < 4.78 is 5.11. The van der Waals surface area contributed by atoms with E-state index in [4.69, 9.17) is 9.72 Å². The van der Waals surface area contributed by atoms with Gasteiger partial charge in [0.05, 0.1) is 18.3 Å². The number of aromatic nitrogens is 1. The Labute approximate surface area is 130 Å². The molecule has 4 heteroatoms. The molecule has 1 N–H and O–H groups in total. The van der Waals surface area contributed by atoms with Gasteiger partial charge in [-0.3, -0.25) is 0 Å². The summed E-state index contributed by atoms with van der Waals surface area (Å²) in [6.45, 7) is 1.89. The number of hydrogen-bond donors (Lipinski definition) is 1. The van der Waals surface area contributed by atoms with Crippen LogP contribution in [-0.2, 0) is 11.2 Å². The summed E-state index contributed by atoms with van der Waals surface area (Å²) in [4.78, 5) is 4.83. The van der Waals surface area contributed by atoms with Crippen LogP contribution in [0.1, 0.15) is 35.9 Å². The first-order chi connectivity index (χ1) is 10.4. The van der Waals surface area contributed by atoms with Gasteiger partial charge in [0, 0.05) is 18.1 Å². The molecule has 1 aliphatic heterocycles. The molecule has 0 amide bonds. The van der Waals surface area contributed by atoms with Crippen LogP contribution in [0.5, 0.6) is 0 Å². The van der Waals surface area contributed by atoms with E-state index in [9.17, 15) is 0 Å². The number of piperidine rings is 1. The average molecular weight is 302 g/mol. The van der Waals surface area contributed by atoms with Crippen molar-refractivity contribution in [1.82, 2.24) is 10.3 Å². The van der Waals surface area contributed by atoms with Crippen LogP contribution in [0.4, 0.5) is 0 Å². The number of nitrogens with one attached hydrogen (secondary N) is 1. The largest absolute Gasteiger partial charge is 0.384 e. The molecule has 0 saturated carbocycles. The highest BCUT2D eigenvalue weighted by molar-refractivity contribution is 7.10. The molecule has 1 fully saturated rings. The van der Waals surface area contributed by atoms with Crippen LogP contribution in [0.2, 0.25) is 0 Å². The fourth-order valence-corrected chi connectivity index (χ4v) is 3.64. The summed E-state index contributed by atoms with van der Waals surface area (Å²) in [6, 6.07) is 9.13. The lowest BCUT2D eigenvalue weighted by atomic mass is 10.1. The maximum absolute atomic E-state index is 5.11. The van der Waals surface area contributed by atoms with E-state index in [0.29, 0.717) is 6.04 Å². The first kappa shape index (κ1) is 14.7. The molecule has 1 aromatic carbocycles. The Morgan fingerprint density at radius 1 is 1.29 bits per heavy atom. The number of rotatable bonds is 5. The first-order valence-corrected chi connectivity index (χ1v) is 8.52. The van der Waals surface area contributed by atoms with Crippen molar-refractivity contribution in [2.24, 2.45) is 0 Å². The summed E-state index contributed by atoms with van der Waals surface area (Å²) in [5.74, 6) is 0. The molecule has 0 bridgehead atoms. The Bertz CT molecular complexity index is 558. The summed E-state index contributed by atoms with van der Waals surface area (Å²) in [5, 5.41) is 6.97. The molecule has 1 atom stereocenters. The van der Waals surface area contributed by atoms with E-state index in [2.05, 4.69) is 35.0 Å². The summed E-state index contributed by atoms with van der Waals surface area (Å²) in [7, 11) is 1.74. The highest BCUT2D eigenvalue weighted by atomic mass is 32.1. The molecule has 21 heavy (non-hydrogen) atoms. The number of ether oxygens (including phenoxy) is 1. The van der Waals surface area contributed by atoms with Gasteiger partial charge in [-0.05, 0) is 31.4 Å². The molecule has 1 unspecified atom stereocenters. The maximum atomic E-state index is 5.11. The van der Waals surface area contributed by atoms with Crippen molar-refractivity contribution in [3.8, 4) is 11.3 Å². The van der Waals surface area contributed by atoms with Gasteiger partial charge >= 0.3 is 0 Å². The molecule has 2 aromatic rings. The van der Waals surface area contributed by atoms with Crippen molar-refractivity contribution in [1.29, 1.82) is 0 Å². The van der Waals surface area contributed by atoms with E-state index >= 15 is 0 Å². The molecular weight excluding hydrogens is 280 g/mol. The second kappa shape index (κ2) is 7.16. The van der Waals surface area contributed by atoms with E-state index in [1.54, 1.807) is 18.4 Å². The molecule has 0 spiro atoms. The van der Waals surface area contributed by atoms with Crippen molar-refractivity contribution >= 4 is 11.3 Å². The van der Waals surface area contributed by atoms with Gasteiger partial charge in [-0.2, -0.15) is 0 Å². The second-order valence-electron chi connectivity index (χ2n) is 5.51. The monoisotopic (exact) mass is 302 g/mol. The quantitative estimate of drug-likeness (QED) is 0.912. The summed E-state index contributed by atoms with van der Waals surface area (Å²) >= 11 is 1.78. The molecule has 2 heterocycles. The SMILES string of the molecule is COCCc1ccc(-c2csc(C3CCCCN3)n2)cc1. The molecular formula is C17H22N2OS. The highest BCUT2D eigenvalue weighted by Gasteiger charge is 2.18. The minimum absolute atomic E-state index is 0.457. The first-order valence-electron chi connectivity index (χ1n) is 7.64. The Morgan fingerprint density at radius 2 is 2.14 bits per heavy atom. The van der Waals surface area contributed by atoms with Gasteiger partial charge in [-0.25, -0.2) is 4.98 Å². The molecule has 1 saturated heterocycles. The van der Waals surface area contributed by atoms with Crippen LogP contribution in [0.15, 0.2) is 29.6 Å². The maximum Gasteiger partial charge on any atom is 0.110 e. The molecule has 1 aromatic heterocycles. The molecule has 3 nitrogen and oxygen atoms in total. The van der Waals surface area contributed by atoms with Gasteiger partial charge in [-0.15, -0.1) is 11.3 Å². The van der Waals surface area contributed by atoms with Crippen LogP contribution in [0.25, 0.3) is 11.3 Å². The lowest BCUT2D eigenvalue weighted by Gasteiger charge is -2.21. The van der Waals surface area contributed by atoms with Gasteiger partial charge in [0.1, 0.15) is 5.01 Å². The normalized spacial score (nSPS) is 18.8. The van der Waals surface area contributed by atoms with Crippen LogP contribution in [-0.4, -0.2) is 25.2 Å². The fourth-order valence-electron chi connectivity index (χ4n) is 2.70. The minimum Gasteiger partial charge on any atom is -0.384 e. The Morgan fingerprint density at radius 3 is 2.86 bits per heavy atom. The summed E-state index contributed by atoms with van der Waals surface area (Å²) in [5.41, 5.74) is 3.61. The van der Waals surface area contributed by atoms with Crippen molar-refractivity contribution < 1.29 is 4.74 Å². The zero-order chi connectivity index (χ0) is 14.5. The van der Waals surface area contributed by atoms with Crippen LogP contribution >= 0.6 is 11.3 Å². The molecule has 0 radical (unpaired) electrons. The lowest BCUT2D eigenvalue weighted by Crippen LogP contribution is -2.26. The van der Waals surface area contributed by atoms with Gasteiger partial charge < -0.3 is 10.1 Å². The molecule has 3 rings (SSSR count). The third kappa shape index (κ3) is 3.70. The topological polar surface area (TPSA) is 34.1 Å². The van der Waals surface area contributed by atoms with Crippen LogP contribution in [0, 0.1) is 0 Å². The van der Waals surface area contributed by atoms with E-state index in [1.807, 2.05) is 0 Å².